The Bertz CT molecular complexity index is 845. The van der Waals surface area contributed by atoms with Crippen LogP contribution in [0.5, 0.6) is 5.75 Å². The van der Waals surface area contributed by atoms with Gasteiger partial charge < -0.3 is 9.84 Å². The minimum absolute atomic E-state index is 0.180. The zero-order chi connectivity index (χ0) is 18.2. The molecule has 1 aliphatic rings. The summed E-state index contributed by atoms with van der Waals surface area (Å²) in [7, 11) is 0. The van der Waals surface area contributed by atoms with Crippen molar-refractivity contribution in [1.82, 2.24) is 10.0 Å². The molecular weight excluding hydrogens is 322 g/mol. The highest BCUT2D eigenvalue weighted by atomic mass is 16.5. The van der Waals surface area contributed by atoms with Gasteiger partial charge in [0.2, 0.25) is 0 Å². The largest absolute Gasteiger partial charge is 0.485 e. The van der Waals surface area contributed by atoms with Gasteiger partial charge in [0.15, 0.2) is 0 Å². The first-order chi connectivity index (χ1) is 11.8. The monoisotopic (exact) mass is 339 g/mol. The number of hydrogen-bond donors (Lipinski definition) is 2. The molecular formula is C18H17N3O4. The zero-order valence-corrected chi connectivity index (χ0v) is 13.7. The van der Waals surface area contributed by atoms with Crippen LogP contribution in [0, 0.1) is 11.3 Å². The summed E-state index contributed by atoms with van der Waals surface area (Å²) in [5, 5.41) is 30.9. The molecule has 25 heavy (non-hydrogen) atoms. The summed E-state index contributed by atoms with van der Waals surface area (Å²) in [6.07, 6.45) is 1.63. The van der Waals surface area contributed by atoms with Crippen molar-refractivity contribution in [2.75, 3.05) is 0 Å². The van der Waals surface area contributed by atoms with E-state index in [2.05, 4.69) is 4.98 Å². The second kappa shape index (κ2) is 6.16. The van der Waals surface area contributed by atoms with Crippen molar-refractivity contribution in [3.63, 3.8) is 0 Å². The number of aliphatic hydroxyl groups excluding tert-OH is 1. The Kier molecular flexibility index (Phi) is 4.17. The first-order valence-electron chi connectivity index (χ1n) is 7.69. The molecule has 0 saturated heterocycles. The smallest absolute Gasteiger partial charge is 0.279 e. The van der Waals surface area contributed by atoms with E-state index in [1.807, 2.05) is 6.07 Å². The Morgan fingerprint density at radius 3 is 2.80 bits per heavy atom. The summed E-state index contributed by atoms with van der Waals surface area (Å²) < 4.78 is 5.78. The highest BCUT2D eigenvalue weighted by Gasteiger charge is 2.47. The van der Waals surface area contributed by atoms with E-state index < -0.39 is 23.7 Å². The molecule has 1 aliphatic heterocycles. The average Bonchev–Trinajstić information content (AvgIpc) is 2.62. The second-order valence-electron chi connectivity index (χ2n) is 6.35. The molecule has 2 N–H and O–H groups in total. The molecule has 7 nitrogen and oxygen atoms in total. The quantitative estimate of drug-likeness (QED) is 0.641. The first-order valence-corrected chi connectivity index (χ1v) is 7.69. The molecule has 0 unspecified atom stereocenters. The van der Waals surface area contributed by atoms with Gasteiger partial charge in [0.05, 0.1) is 17.2 Å². The maximum Gasteiger partial charge on any atom is 0.279 e. The minimum atomic E-state index is -1.21. The van der Waals surface area contributed by atoms with Gasteiger partial charge in [0, 0.05) is 18.0 Å². The number of nitriles is 1. The number of aromatic nitrogens is 1. The number of nitrogens with zero attached hydrogens (tertiary/aromatic N) is 3. The molecule has 2 atom stereocenters. The minimum Gasteiger partial charge on any atom is -0.485 e. The average molecular weight is 339 g/mol. The molecule has 0 aliphatic carbocycles. The van der Waals surface area contributed by atoms with E-state index in [4.69, 9.17) is 10.00 Å². The van der Waals surface area contributed by atoms with Gasteiger partial charge in [-0.1, -0.05) is 0 Å². The van der Waals surface area contributed by atoms with Crippen LogP contribution in [0.15, 0.2) is 42.7 Å². The number of fused-ring (bicyclic) bond motifs is 1. The Balaban J connectivity index is 2.07. The molecule has 2 aromatic rings. The fraction of sp³-hybridized carbons (Fsp3) is 0.278. The summed E-state index contributed by atoms with van der Waals surface area (Å²) in [5.41, 5.74) is -0.159. The molecule has 2 heterocycles. The van der Waals surface area contributed by atoms with E-state index in [1.54, 1.807) is 32.0 Å². The van der Waals surface area contributed by atoms with E-state index in [-0.39, 0.29) is 5.56 Å². The van der Waals surface area contributed by atoms with Crippen LogP contribution in [-0.4, -0.2) is 38.0 Å². The van der Waals surface area contributed by atoms with Crippen molar-refractivity contribution in [3.8, 4) is 11.8 Å². The van der Waals surface area contributed by atoms with Crippen molar-refractivity contribution in [3.05, 3.63) is 59.4 Å². The summed E-state index contributed by atoms with van der Waals surface area (Å²) in [5.74, 6) is -0.305. The van der Waals surface area contributed by atoms with Crippen LogP contribution < -0.4 is 4.74 Å². The van der Waals surface area contributed by atoms with E-state index >= 15 is 0 Å². The van der Waals surface area contributed by atoms with Crippen molar-refractivity contribution in [1.29, 1.82) is 5.26 Å². The summed E-state index contributed by atoms with van der Waals surface area (Å²) in [6.45, 7) is 3.32. The van der Waals surface area contributed by atoms with Gasteiger partial charge in [0.25, 0.3) is 5.91 Å². The summed E-state index contributed by atoms with van der Waals surface area (Å²) >= 11 is 0. The lowest BCUT2D eigenvalue weighted by Crippen LogP contribution is -2.54. The summed E-state index contributed by atoms with van der Waals surface area (Å²) in [4.78, 5) is 16.4. The maximum absolute atomic E-state index is 12.6. The molecule has 0 bridgehead atoms. The van der Waals surface area contributed by atoms with Crippen molar-refractivity contribution in [2.45, 2.75) is 31.6 Å². The SMILES string of the molecule is CC1(C)Oc2ccc(C#N)cc2[C@@H](N(O)C(=O)c2cccnc2)[C@@H]1O. The fourth-order valence-electron chi connectivity index (χ4n) is 2.85. The van der Waals surface area contributed by atoms with Gasteiger partial charge in [-0.25, -0.2) is 5.06 Å². The number of pyridine rings is 1. The van der Waals surface area contributed by atoms with Crippen LogP contribution >= 0.6 is 0 Å². The number of aliphatic hydroxyl groups is 1. The topological polar surface area (TPSA) is 107 Å². The highest BCUT2D eigenvalue weighted by Crippen LogP contribution is 2.43. The zero-order valence-electron chi connectivity index (χ0n) is 13.7. The number of carbonyl (C=O) groups excluding carboxylic acids is 1. The van der Waals surface area contributed by atoms with Gasteiger partial charge in [-0.05, 0) is 44.2 Å². The number of hydrogen-bond acceptors (Lipinski definition) is 6. The number of hydroxylamine groups is 2. The van der Waals surface area contributed by atoms with E-state index in [9.17, 15) is 15.1 Å². The Morgan fingerprint density at radius 1 is 1.40 bits per heavy atom. The van der Waals surface area contributed by atoms with Gasteiger partial charge in [0.1, 0.15) is 23.5 Å². The maximum atomic E-state index is 12.6. The Labute approximate surface area is 144 Å². The van der Waals surface area contributed by atoms with Crippen molar-refractivity contribution < 1.29 is 19.8 Å². The fourth-order valence-corrected chi connectivity index (χ4v) is 2.85. The van der Waals surface area contributed by atoms with Crippen LogP contribution in [0.1, 0.15) is 41.4 Å². The van der Waals surface area contributed by atoms with Crippen LogP contribution in [-0.2, 0) is 0 Å². The molecule has 7 heteroatoms. The van der Waals surface area contributed by atoms with E-state index in [0.29, 0.717) is 21.9 Å². The molecule has 1 amide bonds. The third-order valence-electron chi connectivity index (χ3n) is 4.22. The Hall–Kier alpha value is -2.95. The number of rotatable bonds is 2. The third-order valence-corrected chi connectivity index (χ3v) is 4.22. The number of amides is 1. The van der Waals surface area contributed by atoms with E-state index in [0.717, 1.165) is 0 Å². The van der Waals surface area contributed by atoms with Gasteiger partial charge in [-0.15, -0.1) is 0 Å². The van der Waals surface area contributed by atoms with Crippen LogP contribution in [0.2, 0.25) is 0 Å². The number of ether oxygens (including phenoxy) is 1. The highest BCUT2D eigenvalue weighted by molar-refractivity contribution is 5.93. The lowest BCUT2D eigenvalue weighted by atomic mass is 9.85. The van der Waals surface area contributed by atoms with Gasteiger partial charge in [-0.2, -0.15) is 5.26 Å². The molecule has 0 spiro atoms. The van der Waals surface area contributed by atoms with Crippen LogP contribution in [0.3, 0.4) is 0 Å². The standard InChI is InChI=1S/C18H17N3O4/c1-18(2)16(22)15(13-8-11(9-19)5-6-14(13)25-18)21(24)17(23)12-4-3-7-20-10-12/h3-8,10,15-16,22,24H,1-2H3/t15-,16+/m1/s1. The molecule has 0 saturated carbocycles. The van der Waals surface area contributed by atoms with Gasteiger partial charge in [-0.3, -0.25) is 15.0 Å². The molecule has 3 rings (SSSR count). The first kappa shape index (κ1) is 16.9. The van der Waals surface area contributed by atoms with Crippen molar-refractivity contribution >= 4 is 5.91 Å². The molecule has 0 radical (unpaired) electrons. The predicted molar refractivity (Wildman–Crippen MR) is 86.8 cm³/mol. The molecule has 1 aromatic carbocycles. The third kappa shape index (κ3) is 2.93. The van der Waals surface area contributed by atoms with Gasteiger partial charge >= 0.3 is 0 Å². The lowest BCUT2D eigenvalue weighted by molar-refractivity contribution is -0.165. The Morgan fingerprint density at radius 2 is 2.16 bits per heavy atom. The van der Waals surface area contributed by atoms with Crippen LogP contribution in [0.25, 0.3) is 0 Å². The van der Waals surface area contributed by atoms with E-state index in [1.165, 1.54) is 24.5 Å². The number of benzene rings is 1. The van der Waals surface area contributed by atoms with Crippen LogP contribution in [0.4, 0.5) is 0 Å². The normalized spacial score (nSPS) is 20.8. The molecule has 128 valence electrons. The molecule has 0 fully saturated rings. The van der Waals surface area contributed by atoms with Crippen molar-refractivity contribution in [2.24, 2.45) is 0 Å². The second-order valence-corrected chi connectivity index (χ2v) is 6.35. The summed E-state index contributed by atoms with van der Waals surface area (Å²) in [6, 6.07) is 8.68. The predicted octanol–water partition coefficient (Wildman–Crippen LogP) is 2.06. The lowest BCUT2D eigenvalue weighted by Gasteiger charge is -2.44. The number of carbonyl (C=O) groups is 1. The molecule has 1 aromatic heterocycles.